The van der Waals surface area contributed by atoms with Crippen molar-refractivity contribution in [3.8, 4) is 5.75 Å². The highest BCUT2D eigenvalue weighted by Crippen LogP contribution is 2.14. The molecule has 0 unspecified atom stereocenters. The standard InChI is InChI=1S/C10H10O3/c1-13-10-4-2-3-8(6-10)5-9(12)7-11/h2-7,12H,1H3/b9-5-. The summed E-state index contributed by atoms with van der Waals surface area (Å²) in [7, 11) is 1.56. The molecule has 0 aromatic heterocycles. The van der Waals surface area contributed by atoms with Gasteiger partial charge in [-0.25, -0.2) is 0 Å². The molecule has 0 radical (unpaired) electrons. The zero-order chi connectivity index (χ0) is 9.68. The topological polar surface area (TPSA) is 46.5 Å². The number of ether oxygens (including phenoxy) is 1. The summed E-state index contributed by atoms with van der Waals surface area (Å²) in [6.45, 7) is 0. The van der Waals surface area contributed by atoms with Crippen LogP contribution in [0.3, 0.4) is 0 Å². The van der Waals surface area contributed by atoms with Crippen LogP contribution in [0.4, 0.5) is 0 Å². The van der Waals surface area contributed by atoms with E-state index in [0.717, 1.165) is 5.56 Å². The summed E-state index contributed by atoms with van der Waals surface area (Å²) < 4.78 is 4.97. The molecule has 0 spiro atoms. The van der Waals surface area contributed by atoms with E-state index >= 15 is 0 Å². The van der Waals surface area contributed by atoms with Gasteiger partial charge < -0.3 is 9.84 Å². The lowest BCUT2D eigenvalue weighted by atomic mass is 10.2. The van der Waals surface area contributed by atoms with E-state index in [2.05, 4.69) is 0 Å². The van der Waals surface area contributed by atoms with E-state index in [1.54, 1.807) is 31.4 Å². The van der Waals surface area contributed by atoms with Gasteiger partial charge in [0.25, 0.3) is 0 Å². The lowest BCUT2D eigenvalue weighted by Crippen LogP contribution is -1.84. The summed E-state index contributed by atoms with van der Waals surface area (Å²) in [5.41, 5.74) is 0.726. The predicted octanol–water partition coefficient (Wildman–Crippen LogP) is 1.79. The van der Waals surface area contributed by atoms with Gasteiger partial charge in [0.15, 0.2) is 12.0 Å². The highest BCUT2D eigenvalue weighted by molar-refractivity contribution is 5.78. The minimum absolute atomic E-state index is 0.298. The van der Waals surface area contributed by atoms with Crippen LogP contribution in [-0.4, -0.2) is 18.5 Å². The molecule has 3 nitrogen and oxygen atoms in total. The number of rotatable bonds is 3. The lowest BCUT2D eigenvalue weighted by Gasteiger charge is -1.99. The maximum absolute atomic E-state index is 10.1. The second kappa shape index (κ2) is 4.30. The minimum atomic E-state index is -0.298. The molecule has 0 amide bonds. The number of aliphatic hydroxyl groups excluding tert-OH is 1. The van der Waals surface area contributed by atoms with Crippen LogP contribution < -0.4 is 4.74 Å². The highest BCUT2D eigenvalue weighted by atomic mass is 16.5. The van der Waals surface area contributed by atoms with Crippen molar-refractivity contribution in [2.75, 3.05) is 7.11 Å². The first-order valence-electron chi connectivity index (χ1n) is 3.76. The number of hydrogen-bond acceptors (Lipinski definition) is 3. The van der Waals surface area contributed by atoms with Crippen molar-refractivity contribution in [3.05, 3.63) is 35.6 Å². The number of methoxy groups -OCH3 is 1. The smallest absolute Gasteiger partial charge is 0.184 e. The van der Waals surface area contributed by atoms with E-state index in [-0.39, 0.29) is 5.76 Å². The maximum Gasteiger partial charge on any atom is 0.184 e. The predicted molar refractivity (Wildman–Crippen MR) is 49.7 cm³/mol. The molecule has 1 N–H and O–H groups in total. The van der Waals surface area contributed by atoms with Gasteiger partial charge in [0, 0.05) is 0 Å². The Morgan fingerprint density at radius 1 is 1.54 bits per heavy atom. The van der Waals surface area contributed by atoms with E-state index < -0.39 is 0 Å². The first-order chi connectivity index (χ1) is 6.26. The highest BCUT2D eigenvalue weighted by Gasteiger charge is 1.94. The van der Waals surface area contributed by atoms with Crippen molar-refractivity contribution < 1.29 is 14.6 Å². The Balaban J connectivity index is 2.95. The molecular weight excluding hydrogens is 168 g/mol. The SMILES string of the molecule is COc1cccc(/C=C(\O)C=O)c1. The van der Waals surface area contributed by atoms with Gasteiger partial charge in [0.1, 0.15) is 5.75 Å². The van der Waals surface area contributed by atoms with Gasteiger partial charge in [-0.05, 0) is 23.8 Å². The van der Waals surface area contributed by atoms with Crippen LogP contribution in [0.25, 0.3) is 6.08 Å². The molecule has 1 aromatic rings. The molecule has 0 fully saturated rings. The second-order valence-corrected chi connectivity index (χ2v) is 2.46. The van der Waals surface area contributed by atoms with Crippen molar-refractivity contribution in [1.29, 1.82) is 0 Å². The van der Waals surface area contributed by atoms with Crippen LogP contribution in [0, 0.1) is 0 Å². The Hall–Kier alpha value is -1.77. The number of aldehydes is 1. The van der Waals surface area contributed by atoms with Crippen molar-refractivity contribution in [2.45, 2.75) is 0 Å². The largest absolute Gasteiger partial charge is 0.505 e. The lowest BCUT2D eigenvalue weighted by molar-refractivity contribution is -0.106. The van der Waals surface area contributed by atoms with Crippen molar-refractivity contribution in [3.63, 3.8) is 0 Å². The van der Waals surface area contributed by atoms with E-state index in [1.807, 2.05) is 0 Å². The number of carbonyl (C=O) groups is 1. The third-order valence-corrected chi connectivity index (χ3v) is 1.53. The summed E-state index contributed by atoms with van der Waals surface area (Å²) in [6.07, 6.45) is 1.76. The summed E-state index contributed by atoms with van der Waals surface area (Å²) in [6, 6.07) is 7.06. The van der Waals surface area contributed by atoms with Crippen LogP contribution in [0.5, 0.6) is 5.75 Å². The first-order valence-corrected chi connectivity index (χ1v) is 3.76. The molecule has 0 heterocycles. The van der Waals surface area contributed by atoms with Gasteiger partial charge in [-0.1, -0.05) is 12.1 Å². The second-order valence-electron chi connectivity index (χ2n) is 2.46. The minimum Gasteiger partial charge on any atom is -0.505 e. The molecule has 3 heteroatoms. The fourth-order valence-corrected chi connectivity index (χ4v) is 0.936. The molecule has 0 aliphatic carbocycles. The van der Waals surface area contributed by atoms with E-state index in [1.165, 1.54) is 6.08 Å². The third-order valence-electron chi connectivity index (χ3n) is 1.53. The van der Waals surface area contributed by atoms with Crippen LogP contribution >= 0.6 is 0 Å². The molecule has 13 heavy (non-hydrogen) atoms. The van der Waals surface area contributed by atoms with Crippen molar-refractivity contribution in [2.24, 2.45) is 0 Å². The Kier molecular flexibility index (Phi) is 3.09. The monoisotopic (exact) mass is 178 g/mol. The van der Waals surface area contributed by atoms with E-state index in [0.29, 0.717) is 12.0 Å². The van der Waals surface area contributed by atoms with Gasteiger partial charge in [0.05, 0.1) is 7.11 Å². The van der Waals surface area contributed by atoms with E-state index in [9.17, 15) is 4.79 Å². The average molecular weight is 178 g/mol. The summed E-state index contributed by atoms with van der Waals surface area (Å²) >= 11 is 0. The average Bonchev–Trinajstić information content (AvgIpc) is 2.18. The Bertz CT molecular complexity index is 329. The third kappa shape index (κ3) is 2.63. The summed E-state index contributed by atoms with van der Waals surface area (Å²) in [5, 5.41) is 8.93. The fourth-order valence-electron chi connectivity index (χ4n) is 0.936. The molecule has 1 aromatic carbocycles. The van der Waals surface area contributed by atoms with E-state index in [4.69, 9.17) is 9.84 Å². The number of aliphatic hydroxyl groups is 1. The van der Waals surface area contributed by atoms with Crippen LogP contribution in [0.1, 0.15) is 5.56 Å². The number of allylic oxidation sites excluding steroid dienone is 1. The van der Waals surface area contributed by atoms with Crippen LogP contribution in [0.2, 0.25) is 0 Å². The summed E-state index contributed by atoms with van der Waals surface area (Å²) in [4.78, 5) is 10.1. The van der Waals surface area contributed by atoms with Gasteiger partial charge in [-0.3, -0.25) is 4.79 Å². The first kappa shape index (κ1) is 9.32. The van der Waals surface area contributed by atoms with Gasteiger partial charge in [-0.2, -0.15) is 0 Å². The summed E-state index contributed by atoms with van der Waals surface area (Å²) in [5.74, 6) is 0.390. The fraction of sp³-hybridized carbons (Fsp3) is 0.100. The van der Waals surface area contributed by atoms with Gasteiger partial charge >= 0.3 is 0 Å². The Morgan fingerprint density at radius 3 is 2.92 bits per heavy atom. The zero-order valence-electron chi connectivity index (χ0n) is 7.23. The maximum atomic E-state index is 10.1. The molecular formula is C10H10O3. The normalized spacial score (nSPS) is 11.0. The molecule has 0 aliphatic heterocycles. The Morgan fingerprint density at radius 2 is 2.31 bits per heavy atom. The Labute approximate surface area is 76.3 Å². The van der Waals surface area contributed by atoms with Gasteiger partial charge in [-0.15, -0.1) is 0 Å². The molecule has 0 atom stereocenters. The number of hydrogen-bond donors (Lipinski definition) is 1. The van der Waals surface area contributed by atoms with Crippen molar-refractivity contribution in [1.82, 2.24) is 0 Å². The van der Waals surface area contributed by atoms with Gasteiger partial charge in [0.2, 0.25) is 0 Å². The number of benzene rings is 1. The zero-order valence-corrected chi connectivity index (χ0v) is 7.23. The van der Waals surface area contributed by atoms with Crippen LogP contribution in [0.15, 0.2) is 30.0 Å². The van der Waals surface area contributed by atoms with Crippen LogP contribution in [-0.2, 0) is 4.79 Å². The molecule has 0 saturated carbocycles. The molecule has 0 bridgehead atoms. The molecule has 1 rings (SSSR count). The molecule has 68 valence electrons. The number of carbonyl (C=O) groups excluding carboxylic acids is 1. The van der Waals surface area contributed by atoms with Crippen molar-refractivity contribution >= 4 is 12.4 Å². The molecule has 0 aliphatic rings. The molecule has 0 saturated heterocycles. The quantitative estimate of drug-likeness (QED) is 0.436.